The van der Waals surface area contributed by atoms with Gasteiger partial charge < -0.3 is 16.0 Å². The Balaban J connectivity index is 0.00000192. The van der Waals surface area contributed by atoms with Gasteiger partial charge in [0.1, 0.15) is 0 Å². The van der Waals surface area contributed by atoms with E-state index >= 15 is 0 Å². The van der Waals surface area contributed by atoms with Crippen LogP contribution in [0.3, 0.4) is 0 Å². The molecule has 2 saturated heterocycles. The van der Waals surface area contributed by atoms with Gasteiger partial charge in [-0.25, -0.2) is 4.79 Å². The van der Waals surface area contributed by atoms with Gasteiger partial charge in [-0.2, -0.15) is 0 Å². The summed E-state index contributed by atoms with van der Waals surface area (Å²) in [6, 6.07) is 4.99. The van der Waals surface area contributed by atoms with Crippen molar-refractivity contribution >= 4 is 41.6 Å². The number of nitrogens with one attached hydrogen (secondary N) is 3. The molecule has 0 saturated carbocycles. The molecule has 1 aromatic rings. The summed E-state index contributed by atoms with van der Waals surface area (Å²) in [7, 11) is 0. The Morgan fingerprint density at radius 1 is 1.35 bits per heavy atom. The highest BCUT2D eigenvalue weighted by atomic mass is 35.5. The monoisotopic (exact) mass is 358 g/mol. The fraction of sp³-hybridized carbons (Fsp3) is 0.467. The van der Waals surface area contributed by atoms with Gasteiger partial charge in [0.05, 0.1) is 10.7 Å². The molecule has 3 N–H and O–H groups in total. The molecular weight excluding hydrogens is 339 g/mol. The van der Waals surface area contributed by atoms with Crippen LogP contribution < -0.4 is 20.9 Å². The number of benzene rings is 1. The van der Waals surface area contributed by atoms with Crippen molar-refractivity contribution in [3.63, 3.8) is 0 Å². The van der Waals surface area contributed by atoms with E-state index in [1.807, 2.05) is 0 Å². The maximum absolute atomic E-state index is 12.4. The van der Waals surface area contributed by atoms with E-state index in [-0.39, 0.29) is 30.4 Å². The minimum atomic E-state index is -0.184. The van der Waals surface area contributed by atoms with Crippen LogP contribution in [0.2, 0.25) is 5.02 Å². The Morgan fingerprint density at radius 3 is 2.83 bits per heavy atom. The first-order valence-electron chi connectivity index (χ1n) is 7.51. The predicted molar refractivity (Wildman–Crippen MR) is 92.8 cm³/mol. The normalized spacial score (nSPS) is 20.7. The van der Waals surface area contributed by atoms with Crippen LogP contribution in [0.15, 0.2) is 18.2 Å². The average molecular weight is 359 g/mol. The molecule has 2 fully saturated rings. The Labute approximate surface area is 146 Å². The fourth-order valence-corrected chi connectivity index (χ4v) is 3.03. The summed E-state index contributed by atoms with van der Waals surface area (Å²) in [5, 5.41) is 9.48. The number of carbonyl (C=O) groups is 2. The second-order valence-electron chi connectivity index (χ2n) is 5.57. The third-order valence-electron chi connectivity index (χ3n) is 3.99. The lowest BCUT2D eigenvalue weighted by molar-refractivity contribution is 0.0930. The van der Waals surface area contributed by atoms with Gasteiger partial charge in [-0.15, -0.1) is 12.4 Å². The third-order valence-corrected chi connectivity index (χ3v) is 4.31. The minimum Gasteiger partial charge on any atom is -0.348 e. The van der Waals surface area contributed by atoms with Crippen molar-refractivity contribution in [2.45, 2.75) is 18.9 Å². The number of amides is 3. The van der Waals surface area contributed by atoms with Crippen LogP contribution in [0.5, 0.6) is 0 Å². The molecule has 6 nitrogen and oxygen atoms in total. The van der Waals surface area contributed by atoms with E-state index in [9.17, 15) is 9.59 Å². The summed E-state index contributed by atoms with van der Waals surface area (Å²) in [5.74, 6) is -0.133. The molecule has 0 aromatic heterocycles. The van der Waals surface area contributed by atoms with Gasteiger partial charge in [-0.3, -0.25) is 9.69 Å². The van der Waals surface area contributed by atoms with Gasteiger partial charge in [0.2, 0.25) is 0 Å². The van der Waals surface area contributed by atoms with Crippen LogP contribution in [0.4, 0.5) is 10.5 Å². The van der Waals surface area contributed by atoms with Gasteiger partial charge in [0, 0.05) is 31.2 Å². The van der Waals surface area contributed by atoms with Gasteiger partial charge >= 0.3 is 6.03 Å². The number of piperidine rings is 1. The van der Waals surface area contributed by atoms with Crippen molar-refractivity contribution in [1.29, 1.82) is 0 Å². The molecule has 0 aliphatic carbocycles. The zero-order valence-electron chi connectivity index (χ0n) is 12.6. The zero-order valence-corrected chi connectivity index (χ0v) is 14.2. The third kappa shape index (κ3) is 4.07. The lowest BCUT2D eigenvalue weighted by Gasteiger charge is -2.24. The molecule has 1 aromatic carbocycles. The van der Waals surface area contributed by atoms with Crippen LogP contribution in [0.1, 0.15) is 23.2 Å². The lowest BCUT2D eigenvalue weighted by Crippen LogP contribution is -2.45. The number of carbonyl (C=O) groups excluding carboxylic acids is 2. The SMILES string of the molecule is Cl.O=C(N[C@H]1CCCNC1)c1ccc(Cl)c(N2CCNC2=O)c1. The number of nitrogens with zero attached hydrogens (tertiary/aromatic N) is 1. The topological polar surface area (TPSA) is 73.5 Å². The number of hydrogen-bond acceptors (Lipinski definition) is 3. The second-order valence-corrected chi connectivity index (χ2v) is 5.97. The standard InChI is InChI=1S/C15H19ClN4O2.ClH/c16-12-4-3-10(8-13(12)20-7-6-18-15(20)22)14(21)19-11-2-1-5-17-9-11;/h3-4,8,11,17H,1-2,5-7,9H2,(H,18,22)(H,19,21);1H/t11-;/m0./s1. The summed E-state index contributed by atoms with van der Waals surface area (Å²) >= 11 is 6.17. The first kappa shape index (κ1) is 17.8. The van der Waals surface area contributed by atoms with Crippen molar-refractivity contribution in [2.75, 3.05) is 31.1 Å². The van der Waals surface area contributed by atoms with Gasteiger partial charge in [-0.1, -0.05) is 11.6 Å². The second kappa shape index (κ2) is 7.86. The van der Waals surface area contributed by atoms with Gasteiger partial charge in [0.15, 0.2) is 0 Å². The summed E-state index contributed by atoms with van der Waals surface area (Å²) in [6.45, 7) is 2.93. The van der Waals surface area contributed by atoms with Crippen molar-refractivity contribution in [1.82, 2.24) is 16.0 Å². The number of hydrogen-bond donors (Lipinski definition) is 3. The largest absolute Gasteiger partial charge is 0.348 e. The lowest BCUT2D eigenvalue weighted by atomic mass is 10.1. The Hall–Kier alpha value is -1.50. The Bertz CT molecular complexity index is 591. The molecule has 0 unspecified atom stereocenters. The number of rotatable bonds is 3. The van der Waals surface area contributed by atoms with Crippen LogP contribution in [-0.2, 0) is 0 Å². The van der Waals surface area contributed by atoms with E-state index in [2.05, 4.69) is 16.0 Å². The molecule has 0 spiro atoms. The van der Waals surface area contributed by atoms with E-state index in [1.165, 1.54) is 0 Å². The molecule has 126 valence electrons. The first-order chi connectivity index (χ1) is 10.6. The molecule has 3 rings (SSSR count). The molecule has 23 heavy (non-hydrogen) atoms. The molecule has 2 aliphatic rings. The van der Waals surface area contributed by atoms with E-state index in [4.69, 9.17) is 11.6 Å². The summed E-state index contributed by atoms with van der Waals surface area (Å²) in [4.78, 5) is 25.7. The van der Waals surface area contributed by atoms with Crippen LogP contribution in [0.25, 0.3) is 0 Å². The number of urea groups is 1. The Morgan fingerprint density at radius 2 is 2.17 bits per heavy atom. The summed E-state index contributed by atoms with van der Waals surface area (Å²) < 4.78 is 0. The van der Waals surface area contributed by atoms with Crippen molar-refractivity contribution in [3.05, 3.63) is 28.8 Å². The summed E-state index contributed by atoms with van der Waals surface area (Å²) in [5.41, 5.74) is 1.09. The first-order valence-corrected chi connectivity index (χ1v) is 7.89. The highest BCUT2D eigenvalue weighted by molar-refractivity contribution is 6.34. The van der Waals surface area contributed by atoms with Gasteiger partial charge in [-0.05, 0) is 37.6 Å². The van der Waals surface area contributed by atoms with Crippen molar-refractivity contribution < 1.29 is 9.59 Å². The average Bonchev–Trinajstić information content (AvgIpc) is 2.94. The smallest absolute Gasteiger partial charge is 0.322 e. The molecule has 2 heterocycles. The number of anilines is 1. The molecular formula is C15H20Cl2N4O2. The van der Waals surface area contributed by atoms with E-state index in [1.54, 1.807) is 23.1 Å². The van der Waals surface area contributed by atoms with Crippen LogP contribution >= 0.6 is 24.0 Å². The molecule has 0 bridgehead atoms. The van der Waals surface area contributed by atoms with Crippen LogP contribution in [-0.4, -0.2) is 44.2 Å². The molecule has 0 radical (unpaired) electrons. The van der Waals surface area contributed by atoms with E-state index < -0.39 is 0 Å². The predicted octanol–water partition coefficient (Wildman–Crippen LogP) is 1.77. The van der Waals surface area contributed by atoms with Crippen LogP contribution in [0, 0.1) is 0 Å². The highest BCUT2D eigenvalue weighted by Crippen LogP contribution is 2.28. The quantitative estimate of drug-likeness (QED) is 0.770. The fourth-order valence-electron chi connectivity index (χ4n) is 2.81. The van der Waals surface area contributed by atoms with Crippen molar-refractivity contribution in [3.8, 4) is 0 Å². The van der Waals surface area contributed by atoms with E-state index in [0.29, 0.717) is 29.4 Å². The molecule has 3 amide bonds. The minimum absolute atomic E-state index is 0. The number of halogens is 2. The molecule has 8 heteroatoms. The van der Waals surface area contributed by atoms with Crippen molar-refractivity contribution in [2.24, 2.45) is 0 Å². The Kier molecular flexibility index (Phi) is 6.10. The molecule has 2 aliphatic heterocycles. The maximum Gasteiger partial charge on any atom is 0.322 e. The van der Waals surface area contributed by atoms with E-state index in [0.717, 1.165) is 25.9 Å². The zero-order chi connectivity index (χ0) is 15.5. The molecule has 1 atom stereocenters. The maximum atomic E-state index is 12.4. The summed E-state index contributed by atoms with van der Waals surface area (Å²) in [6.07, 6.45) is 2.04. The van der Waals surface area contributed by atoms with Gasteiger partial charge in [0.25, 0.3) is 5.91 Å². The highest BCUT2D eigenvalue weighted by Gasteiger charge is 2.24.